The molecule has 0 bridgehead atoms. The third kappa shape index (κ3) is 5.60. The van der Waals surface area contributed by atoms with Crippen LogP contribution in [-0.2, 0) is 19.5 Å². The van der Waals surface area contributed by atoms with E-state index in [2.05, 4.69) is 41.4 Å². The number of aliphatic imine (C=N–C) groups is 1. The van der Waals surface area contributed by atoms with E-state index in [1.54, 1.807) is 25.6 Å². The molecule has 27 heavy (non-hydrogen) atoms. The first-order valence-electron chi connectivity index (χ1n) is 9.16. The maximum absolute atomic E-state index is 5.44. The highest BCUT2D eigenvalue weighted by molar-refractivity contribution is 7.09. The Morgan fingerprint density at radius 3 is 2.52 bits per heavy atom. The monoisotopic (exact) mass is 390 g/mol. The Bertz CT molecular complexity index is 773. The van der Waals surface area contributed by atoms with Crippen molar-refractivity contribution < 1.29 is 9.47 Å². The van der Waals surface area contributed by atoms with Gasteiger partial charge in [0.2, 0.25) is 0 Å². The molecule has 0 aliphatic heterocycles. The Morgan fingerprint density at radius 2 is 1.93 bits per heavy atom. The first-order valence-corrected chi connectivity index (χ1v) is 10.0. The fourth-order valence-electron chi connectivity index (χ4n) is 2.73. The van der Waals surface area contributed by atoms with Crippen molar-refractivity contribution in [2.75, 3.05) is 27.8 Å². The summed E-state index contributed by atoms with van der Waals surface area (Å²) in [7, 11) is 5.35. The van der Waals surface area contributed by atoms with E-state index in [-0.39, 0.29) is 0 Å². The molecule has 1 aromatic carbocycles. The quantitative estimate of drug-likeness (QED) is 0.551. The lowest BCUT2D eigenvalue weighted by Crippen LogP contribution is -2.38. The average molecular weight is 391 g/mol. The van der Waals surface area contributed by atoms with E-state index in [4.69, 9.17) is 14.5 Å². The van der Waals surface area contributed by atoms with Crippen molar-refractivity contribution >= 4 is 17.3 Å². The minimum absolute atomic E-state index is 0.577. The number of benzene rings is 1. The smallest absolute Gasteiger partial charge is 0.194 e. The van der Waals surface area contributed by atoms with Crippen LogP contribution in [0.1, 0.15) is 35.7 Å². The third-order valence-electron chi connectivity index (χ3n) is 4.24. The van der Waals surface area contributed by atoms with Gasteiger partial charge in [0.05, 0.1) is 31.5 Å². The number of guanidine groups is 1. The van der Waals surface area contributed by atoms with E-state index in [0.29, 0.717) is 6.54 Å². The number of aromatic nitrogens is 1. The highest BCUT2D eigenvalue weighted by Crippen LogP contribution is 2.30. The summed E-state index contributed by atoms with van der Waals surface area (Å²) in [4.78, 5) is 11.5. The predicted molar refractivity (Wildman–Crippen MR) is 112 cm³/mol. The Balaban J connectivity index is 2.16. The first kappa shape index (κ1) is 21.0. The Labute approximate surface area is 166 Å². The van der Waals surface area contributed by atoms with E-state index in [1.807, 2.05) is 19.2 Å². The second-order valence-corrected chi connectivity index (χ2v) is 7.19. The average Bonchev–Trinajstić information content (AvgIpc) is 3.14. The lowest BCUT2D eigenvalue weighted by Gasteiger charge is -2.23. The summed E-state index contributed by atoms with van der Waals surface area (Å²) >= 11 is 1.69. The molecule has 0 atom stereocenters. The predicted octanol–water partition coefficient (Wildman–Crippen LogP) is 3.63. The Hall–Kier alpha value is -2.28. The van der Waals surface area contributed by atoms with E-state index >= 15 is 0 Å². The molecular formula is C20H30N4O2S. The number of rotatable bonds is 8. The summed E-state index contributed by atoms with van der Waals surface area (Å²) in [5, 5.41) is 6.60. The minimum atomic E-state index is 0.577. The first-order chi connectivity index (χ1) is 13.0. The summed E-state index contributed by atoms with van der Waals surface area (Å²) in [5.74, 6) is 2.35. The minimum Gasteiger partial charge on any atom is -0.493 e. The largest absolute Gasteiger partial charge is 0.493 e. The zero-order chi connectivity index (χ0) is 19.8. The van der Waals surface area contributed by atoms with Gasteiger partial charge in [0.1, 0.15) is 0 Å². The molecule has 148 valence electrons. The van der Waals surface area contributed by atoms with Crippen LogP contribution in [0.4, 0.5) is 0 Å². The Kier molecular flexibility index (Phi) is 7.91. The molecule has 0 aliphatic carbocycles. The maximum Gasteiger partial charge on any atom is 0.194 e. The van der Waals surface area contributed by atoms with Gasteiger partial charge in [-0.1, -0.05) is 6.92 Å². The van der Waals surface area contributed by atoms with Crippen molar-refractivity contribution in [3.05, 3.63) is 39.3 Å². The number of nitrogens with zero attached hydrogens (tertiary/aromatic N) is 3. The lowest BCUT2D eigenvalue weighted by atomic mass is 10.1. The van der Waals surface area contributed by atoms with Crippen LogP contribution < -0.4 is 14.8 Å². The van der Waals surface area contributed by atoms with Gasteiger partial charge in [-0.3, -0.25) is 0 Å². The Morgan fingerprint density at radius 1 is 1.22 bits per heavy atom. The van der Waals surface area contributed by atoms with Crippen molar-refractivity contribution in [3.63, 3.8) is 0 Å². The maximum atomic E-state index is 5.44. The van der Waals surface area contributed by atoms with Gasteiger partial charge in [0.25, 0.3) is 0 Å². The molecule has 2 rings (SSSR count). The van der Waals surface area contributed by atoms with E-state index in [9.17, 15) is 0 Å². The third-order valence-corrected chi connectivity index (χ3v) is 5.28. The number of ether oxygens (including phenoxy) is 2. The van der Waals surface area contributed by atoms with Crippen LogP contribution in [0.25, 0.3) is 0 Å². The van der Waals surface area contributed by atoms with Crippen molar-refractivity contribution in [3.8, 4) is 11.5 Å². The summed E-state index contributed by atoms with van der Waals surface area (Å²) in [5.41, 5.74) is 3.34. The van der Waals surface area contributed by atoms with Crippen molar-refractivity contribution in [2.45, 2.75) is 40.3 Å². The molecule has 0 amide bonds. The van der Waals surface area contributed by atoms with Crippen molar-refractivity contribution in [1.82, 2.24) is 15.2 Å². The van der Waals surface area contributed by atoms with Crippen LogP contribution in [0, 0.1) is 6.92 Å². The zero-order valence-corrected chi connectivity index (χ0v) is 17.9. The van der Waals surface area contributed by atoms with Crippen molar-refractivity contribution in [2.24, 2.45) is 4.99 Å². The molecule has 0 fully saturated rings. The number of hydrogen-bond donors (Lipinski definition) is 1. The number of nitrogens with one attached hydrogen (secondary N) is 1. The molecule has 2 aromatic rings. The van der Waals surface area contributed by atoms with Crippen LogP contribution in [0.5, 0.6) is 11.5 Å². The normalized spacial score (nSPS) is 11.4. The molecule has 0 saturated heterocycles. The standard InChI is InChI=1S/C20H30N4O2S/c1-7-19-23-16(13-27-19)11-22-20(21-8-2)24(4)12-15-10-18(26-6)17(25-5)9-14(15)3/h9-10,13H,7-8,11-12H2,1-6H3,(H,21,22). The molecule has 0 saturated carbocycles. The van der Waals surface area contributed by atoms with Crippen LogP contribution in [0.15, 0.2) is 22.5 Å². The molecule has 6 nitrogen and oxygen atoms in total. The molecule has 1 heterocycles. The molecule has 1 aromatic heterocycles. The van der Waals surface area contributed by atoms with Gasteiger partial charge in [-0.25, -0.2) is 9.98 Å². The molecular weight excluding hydrogens is 360 g/mol. The van der Waals surface area contributed by atoms with Gasteiger partial charge in [-0.05, 0) is 43.5 Å². The van der Waals surface area contributed by atoms with Gasteiger partial charge >= 0.3 is 0 Å². The number of thiazole rings is 1. The molecule has 1 N–H and O–H groups in total. The highest BCUT2D eigenvalue weighted by atomic mass is 32.1. The van der Waals surface area contributed by atoms with E-state index in [1.165, 1.54) is 5.56 Å². The molecule has 0 spiro atoms. The van der Waals surface area contributed by atoms with Gasteiger partial charge in [-0.2, -0.15) is 0 Å². The van der Waals surface area contributed by atoms with E-state index in [0.717, 1.165) is 53.2 Å². The van der Waals surface area contributed by atoms with Gasteiger partial charge in [0, 0.05) is 25.5 Å². The zero-order valence-electron chi connectivity index (χ0n) is 17.1. The molecule has 0 radical (unpaired) electrons. The highest BCUT2D eigenvalue weighted by Gasteiger charge is 2.13. The lowest BCUT2D eigenvalue weighted by molar-refractivity contribution is 0.353. The van der Waals surface area contributed by atoms with E-state index < -0.39 is 0 Å². The van der Waals surface area contributed by atoms with Gasteiger partial charge < -0.3 is 19.7 Å². The van der Waals surface area contributed by atoms with Crippen LogP contribution >= 0.6 is 11.3 Å². The van der Waals surface area contributed by atoms with Gasteiger partial charge in [0.15, 0.2) is 17.5 Å². The fourth-order valence-corrected chi connectivity index (χ4v) is 3.47. The van der Waals surface area contributed by atoms with Gasteiger partial charge in [-0.15, -0.1) is 11.3 Å². The summed E-state index contributed by atoms with van der Waals surface area (Å²) in [6.45, 7) is 8.38. The second-order valence-electron chi connectivity index (χ2n) is 6.25. The van der Waals surface area contributed by atoms with Crippen LogP contribution in [0.3, 0.4) is 0 Å². The van der Waals surface area contributed by atoms with Crippen LogP contribution in [0.2, 0.25) is 0 Å². The summed E-state index contributed by atoms with van der Waals surface area (Å²) in [6, 6.07) is 4.04. The second kappa shape index (κ2) is 10.2. The topological polar surface area (TPSA) is 59.0 Å². The fraction of sp³-hybridized carbons (Fsp3) is 0.500. The number of methoxy groups -OCH3 is 2. The number of hydrogen-bond acceptors (Lipinski definition) is 5. The molecule has 7 heteroatoms. The number of aryl methyl sites for hydroxylation is 2. The summed E-state index contributed by atoms with van der Waals surface area (Å²) < 4.78 is 10.8. The molecule has 0 aliphatic rings. The SMILES string of the molecule is CCNC(=NCc1csc(CC)n1)N(C)Cc1cc(OC)c(OC)cc1C. The van der Waals surface area contributed by atoms with Crippen molar-refractivity contribution in [1.29, 1.82) is 0 Å². The summed E-state index contributed by atoms with van der Waals surface area (Å²) in [6.07, 6.45) is 0.965. The molecule has 0 unspecified atom stereocenters. The van der Waals surface area contributed by atoms with Crippen LogP contribution in [-0.4, -0.2) is 43.7 Å².